The van der Waals surface area contributed by atoms with Crippen molar-refractivity contribution in [1.82, 2.24) is 19.7 Å². The number of hydrogen-bond donors (Lipinski definition) is 1. The van der Waals surface area contributed by atoms with E-state index in [1.807, 2.05) is 18.2 Å². The highest BCUT2D eigenvalue weighted by Crippen LogP contribution is 2.15. The molecule has 136 valence electrons. The lowest BCUT2D eigenvalue weighted by molar-refractivity contribution is -0.121. The summed E-state index contributed by atoms with van der Waals surface area (Å²) >= 11 is 0. The van der Waals surface area contributed by atoms with Gasteiger partial charge in [-0.1, -0.05) is 30.3 Å². The Balaban J connectivity index is 1.34. The third-order valence-corrected chi connectivity index (χ3v) is 4.63. The Morgan fingerprint density at radius 1 is 1.00 bits per heavy atom. The number of carbonyl (C=O) groups is 1. The van der Waals surface area contributed by atoms with Gasteiger partial charge in [0.1, 0.15) is 6.54 Å². The van der Waals surface area contributed by atoms with E-state index < -0.39 is 0 Å². The SMILES string of the molecule is O=C(Cn1ncc(=O)c2ccccc21)NCCCn1ccc2ccccc21. The highest BCUT2D eigenvalue weighted by molar-refractivity contribution is 5.81. The van der Waals surface area contributed by atoms with Crippen molar-refractivity contribution in [1.29, 1.82) is 0 Å². The lowest BCUT2D eigenvalue weighted by Gasteiger charge is -2.10. The van der Waals surface area contributed by atoms with Crippen LogP contribution in [0.15, 0.2) is 71.8 Å². The number of rotatable bonds is 6. The summed E-state index contributed by atoms with van der Waals surface area (Å²) in [5.74, 6) is -0.117. The number of carbonyl (C=O) groups excluding carboxylic acids is 1. The van der Waals surface area contributed by atoms with E-state index in [2.05, 4.69) is 39.4 Å². The van der Waals surface area contributed by atoms with Crippen molar-refractivity contribution >= 4 is 27.7 Å². The summed E-state index contributed by atoms with van der Waals surface area (Å²) in [6.07, 6.45) is 4.17. The average Bonchev–Trinajstić information content (AvgIpc) is 3.11. The first-order chi connectivity index (χ1) is 13.2. The zero-order valence-corrected chi connectivity index (χ0v) is 14.8. The van der Waals surface area contributed by atoms with E-state index in [9.17, 15) is 9.59 Å². The van der Waals surface area contributed by atoms with Crippen LogP contribution in [0.5, 0.6) is 0 Å². The molecule has 0 fully saturated rings. The lowest BCUT2D eigenvalue weighted by Crippen LogP contribution is -2.30. The van der Waals surface area contributed by atoms with Gasteiger partial charge in [-0.05, 0) is 36.1 Å². The van der Waals surface area contributed by atoms with Crippen LogP contribution in [0.1, 0.15) is 6.42 Å². The maximum atomic E-state index is 12.3. The van der Waals surface area contributed by atoms with Gasteiger partial charge in [0.25, 0.3) is 0 Å². The summed E-state index contributed by atoms with van der Waals surface area (Å²) < 4.78 is 3.75. The molecule has 0 atom stereocenters. The van der Waals surface area contributed by atoms with E-state index in [0.717, 1.165) is 13.0 Å². The fraction of sp³-hybridized carbons (Fsp3) is 0.190. The fourth-order valence-electron chi connectivity index (χ4n) is 3.29. The molecule has 6 heteroatoms. The molecule has 0 aliphatic rings. The number of fused-ring (bicyclic) bond motifs is 2. The number of aromatic nitrogens is 3. The van der Waals surface area contributed by atoms with Gasteiger partial charge in [0.2, 0.25) is 11.3 Å². The maximum Gasteiger partial charge on any atom is 0.241 e. The van der Waals surface area contributed by atoms with Gasteiger partial charge >= 0.3 is 0 Å². The average molecular weight is 360 g/mol. The first kappa shape index (κ1) is 17.0. The van der Waals surface area contributed by atoms with Crippen LogP contribution in [0.4, 0.5) is 0 Å². The zero-order chi connectivity index (χ0) is 18.6. The predicted octanol–water partition coefficient (Wildman–Crippen LogP) is 2.56. The molecule has 27 heavy (non-hydrogen) atoms. The Hall–Kier alpha value is -3.41. The van der Waals surface area contributed by atoms with Gasteiger partial charge in [-0.15, -0.1) is 0 Å². The van der Waals surface area contributed by atoms with Gasteiger partial charge in [0.15, 0.2) is 0 Å². The molecule has 0 aliphatic carbocycles. The van der Waals surface area contributed by atoms with Crippen LogP contribution >= 0.6 is 0 Å². The molecule has 4 rings (SSSR count). The topological polar surface area (TPSA) is 68.9 Å². The van der Waals surface area contributed by atoms with Crippen molar-refractivity contribution in [2.45, 2.75) is 19.5 Å². The van der Waals surface area contributed by atoms with Crippen LogP contribution in [-0.4, -0.2) is 26.8 Å². The molecule has 4 aromatic rings. The second-order valence-corrected chi connectivity index (χ2v) is 6.46. The molecule has 0 saturated carbocycles. The Bertz CT molecular complexity index is 1160. The molecule has 1 amide bonds. The van der Waals surface area contributed by atoms with Gasteiger partial charge in [-0.25, -0.2) is 0 Å². The van der Waals surface area contributed by atoms with Crippen molar-refractivity contribution in [2.75, 3.05) is 6.54 Å². The van der Waals surface area contributed by atoms with E-state index in [1.54, 1.807) is 22.9 Å². The molecule has 2 aromatic carbocycles. The number of para-hydroxylation sites is 2. The molecule has 0 spiro atoms. The van der Waals surface area contributed by atoms with Crippen LogP contribution in [0.3, 0.4) is 0 Å². The minimum Gasteiger partial charge on any atom is -0.354 e. The number of nitrogens with one attached hydrogen (secondary N) is 1. The minimum atomic E-state index is -0.138. The summed E-state index contributed by atoms with van der Waals surface area (Å²) in [5.41, 5.74) is 1.73. The second kappa shape index (κ2) is 7.45. The van der Waals surface area contributed by atoms with Crippen LogP contribution in [0, 0.1) is 0 Å². The summed E-state index contributed by atoms with van der Waals surface area (Å²) in [5, 5.41) is 8.81. The zero-order valence-electron chi connectivity index (χ0n) is 14.8. The molecule has 6 nitrogen and oxygen atoms in total. The van der Waals surface area contributed by atoms with Crippen molar-refractivity contribution < 1.29 is 4.79 Å². The highest BCUT2D eigenvalue weighted by Gasteiger charge is 2.07. The molecule has 0 bridgehead atoms. The standard InChI is InChI=1S/C21H20N4O2/c26-20-14-23-25(19-9-4-2-7-17(19)20)15-21(27)22-11-5-12-24-13-10-16-6-1-3-8-18(16)24/h1-4,6-10,13-14H,5,11-12,15H2,(H,22,27). The van der Waals surface area contributed by atoms with Gasteiger partial charge in [-0.3, -0.25) is 14.3 Å². The van der Waals surface area contributed by atoms with E-state index in [0.29, 0.717) is 17.4 Å². The second-order valence-electron chi connectivity index (χ2n) is 6.46. The molecule has 0 radical (unpaired) electrons. The van der Waals surface area contributed by atoms with E-state index >= 15 is 0 Å². The number of benzene rings is 2. The number of aryl methyl sites for hydroxylation is 1. The van der Waals surface area contributed by atoms with Crippen molar-refractivity contribution in [3.05, 3.63) is 77.2 Å². The van der Waals surface area contributed by atoms with Crippen LogP contribution in [0.25, 0.3) is 21.8 Å². The van der Waals surface area contributed by atoms with Crippen molar-refractivity contribution in [3.8, 4) is 0 Å². The molecule has 0 aliphatic heterocycles. The summed E-state index contributed by atoms with van der Waals surface area (Å²) in [6.45, 7) is 1.52. The molecule has 0 saturated heterocycles. The van der Waals surface area contributed by atoms with Crippen molar-refractivity contribution in [3.63, 3.8) is 0 Å². The maximum absolute atomic E-state index is 12.3. The van der Waals surface area contributed by atoms with Crippen LogP contribution < -0.4 is 10.7 Å². The lowest BCUT2D eigenvalue weighted by atomic mass is 10.2. The Morgan fingerprint density at radius 2 is 1.78 bits per heavy atom. The van der Waals surface area contributed by atoms with Gasteiger partial charge in [0, 0.05) is 30.2 Å². The van der Waals surface area contributed by atoms with E-state index in [1.165, 1.54) is 17.1 Å². The molecule has 2 heterocycles. The predicted molar refractivity (Wildman–Crippen MR) is 106 cm³/mol. The molecular weight excluding hydrogens is 340 g/mol. The number of nitrogens with zero attached hydrogens (tertiary/aromatic N) is 3. The molecule has 1 N–H and O–H groups in total. The van der Waals surface area contributed by atoms with Crippen LogP contribution in [0.2, 0.25) is 0 Å². The Morgan fingerprint density at radius 3 is 2.67 bits per heavy atom. The minimum absolute atomic E-state index is 0.0905. The van der Waals surface area contributed by atoms with Gasteiger partial charge < -0.3 is 9.88 Å². The molecule has 2 aromatic heterocycles. The monoisotopic (exact) mass is 360 g/mol. The van der Waals surface area contributed by atoms with Crippen LogP contribution in [-0.2, 0) is 17.9 Å². The third-order valence-electron chi connectivity index (χ3n) is 4.63. The Kier molecular flexibility index (Phi) is 4.70. The fourth-order valence-corrected chi connectivity index (χ4v) is 3.29. The number of hydrogen-bond acceptors (Lipinski definition) is 3. The van der Waals surface area contributed by atoms with Gasteiger partial charge in [0.05, 0.1) is 11.7 Å². The molecular formula is C21H20N4O2. The normalized spacial score (nSPS) is 11.1. The highest BCUT2D eigenvalue weighted by atomic mass is 16.2. The summed E-state index contributed by atoms with van der Waals surface area (Å²) in [6, 6.07) is 17.5. The van der Waals surface area contributed by atoms with E-state index in [4.69, 9.17) is 0 Å². The first-order valence-electron chi connectivity index (χ1n) is 8.98. The van der Waals surface area contributed by atoms with E-state index in [-0.39, 0.29) is 17.9 Å². The van der Waals surface area contributed by atoms with Crippen molar-refractivity contribution in [2.24, 2.45) is 0 Å². The quantitative estimate of drug-likeness (QED) is 0.537. The molecule has 0 unspecified atom stereocenters. The third kappa shape index (κ3) is 3.60. The summed E-state index contributed by atoms with van der Waals surface area (Å²) in [4.78, 5) is 24.1. The number of amides is 1. The summed E-state index contributed by atoms with van der Waals surface area (Å²) in [7, 11) is 0. The van der Waals surface area contributed by atoms with Gasteiger partial charge in [-0.2, -0.15) is 5.10 Å². The smallest absolute Gasteiger partial charge is 0.241 e. The Labute approximate surface area is 156 Å². The first-order valence-corrected chi connectivity index (χ1v) is 8.98. The largest absolute Gasteiger partial charge is 0.354 e.